The van der Waals surface area contributed by atoms with Crippen molar-refractivity contribution in [3.8, 4) is 0 Å². The molecule has 0 radical (unpaired) electrons. The molecule has 0 amide bonds. The van der Waals surface area contributed by atoms with Crippen molar-refractivity contribution in [1.82, 2.24) is 0 Å². The Kier molecular flexibility index (Phi) is 6.64. The minimum atomic E-state index is -0.487. The third-order valence-electron chi connectivity index (χ3n) is 4.82. The lowest BCUT2D eigenvalue weighted by Crippen LogP contribution is -2.35. The molecular formula is C20H30O3. The minimum absolute atomic E-state index is 0.170. The van der Waals surface area contributed by atoms with E-state index in [1.54, 1.807) is 0 Å². The summed E-state index contributed by atoms with van der Waals surface area (Å²) >= 11 is 0. The number of benzene rings is 1. The number of ether oxygens (including phenoxy) is 2. The van der Waals surface area contributed by atoms with Crippen LogP contribution in [0.2, 0.25) is 0 Å². The van der Waals surface area contributed by atoms with Gasteiger partial charge in [0.05, 0.1) is 11.5 Å². The molecule has 0 spiro atoms. The molecule has 1 aliphatic rings. The standard InChI is InChI=1S/C20H30O3/c1-4-20(2,3)19(21)23-18(15-16-11-7-5-8-12-16)22-17-13-9-6-10-14-17/h5,7-8,11-12,17-18H,4,6,9-10,13-15H2,1-3H3. The molecule has 1 aromatic carbocycles. The summed E-state index contributed by atoms with van der Waals surface area (Å²) in [5, 5.41) is 0. The van der Waals surface area contributed by atoms with Crippen LogP contribution in [0.15, 0.2) is 30.3 Å². The molecule has 0 aromatic heterocycles. The average molecular weight is 318 g/mol. The molecule has 0 N–H and O–H groups in total. The lowest BCUT2D eigenvalue weighted by atomic mass is 9.91. The zero-order valence-corrected chi connectivity index (χ0v) is 14.7. The maximum absolute atomic E-state index is 12.4. The van der Waals surface area contributed by atoms with Crippen LogP contribution in [0.25, 0.3) is 0 Å². The van der Waals surface area contributed by atoms with Crippen LogP contribution < -0.4 is 0 Å². The van der Waals surface area contributed by atoms with E-state index in [1.165, 1.54) is 19.3 Å². The van der Waals surface area contributed by atoms with E-state index in [-0.39, 0.29) is 12.1 Å². The Hall–Kier alpha value is -1.35. The first-order valence-corrected chi connectivity index (χ1v) is 8.91. The molecule has 1 aromatic rings. The lowest BCUT2D eigenvalue weighted by molar-refractivity contribution is -0.200. The molecule has 1 saturated carbocycles. The van der Waals surface area contributed by atoms with Gasteiger partial charge >= 0.3 is 5.97 Å². The zero-order valence-electron chi connectivity index (χ0n) is 14.7. The van der Waals surface area contributed by atoms with Crippen LogP contribution in [0.1, 0.15) is 64.9 Å². The monoisotopic (exact) mass is 318 g/mol. The Labute approximate surface area is 140 Å². The van der Waals surface area contributed by atoms with Gasteiger partial charge in [0.25, 0.3) is 0 Å². The quantitative estimate of drug-likeness (QED) is 0.531. The molecule has 1 aliphatic carbocycles. The van der Waals surface area contributed by atoms with Gasteiger partial charge in [-0.15, -0.1) is 0 Å². The first kappa shape index (κ1) is 18.0. The fraction of sp³-hybridized carbons (Fsp3) is 0.650. The summed E-state index contributed by atoms with van der Waals surface area (Å²) < 4.78 is 11.9. The first-order chi connectivity index (χ1) is 11.0. The van der Waals surface area contributed by atoms with Crippen LogP contribution >= 0.6 is 0 Å². The van der Waals surface area contributed by atoms with Crippen molar-refractivity contribution in [2.75, 3.05) is 0 Å². The van der Waals surface area contributed by atoms with Crippen molar-refractivity contribution in [2.45, 2.75) is 78.1 Å². The van der Waals surface area contributed by atoms with E-state index in [1.807, 2.05) is 39.0 Å². The summed E-state index contributed by atoms with van der Waals surface area (Å²) in [5.41, 5.74) is 0.667. The number of carbonyl (C=O) groups is 1. The van der Waals surface area contributed by atoms with Gasteiger partial charge in [0.15, 0.2) is 0 Å². The number of hydrogen-bond donors (Lipinski definition) is 0. The highest BCUT2D eigenvalue weighted by molar-refractivity contribution is 5.75. The van der Waals surface area contributed by atoms with Crippen molar-refractivity contribution in [2.24, 2.45) is 5.41 Å². The second-order valence-electron chi connectivity index (χ2n) is 7.16. The first-order valence-electron chi connectivity index (χ1n) is 8.91. The lowest BCUT2D eigenvalue weighted by Gasteiger charge is -2.30. The number of esters is 1. The molecule has 3 nitrogen and oxygen atoms in total. The predicted octanol–water partition coefficient (Wildman–Crippen LogP) is 4.88. The van der Waals surface area contributed by atoms with E-state index in [2.05, 4.69) is 12.1 Å². The van der Waals surface area contributed by atoms with Gasteiger partial charge < -0.3 is 9.47 Å². The Morgan fingerprint density at radius 3 is 2.43 bits per heavy atom. The summed E-state index contributed by atoms with van der Waals surface area (Å²) in [6.07, 6.45) is 6.94. The maximum Gasteiger partial charge on any atom is 0.313 e. The topological polar surface area (TPSA) is 35.5 Å². The number of hydrogen-bond acceptors (Lipinski definition) is 3. The Bertz CT molecular complexity index is 475. The van der Waals surface area contributed by atoms with E-state index in [0.717, 1.165) is 24.8 Å². The molecule has 0 saturated heterocycles. The molecule has 1 atom stereocenters. The van der Waals surface area contributed by atoms with Gasteiger partial charge in [-0.1, -0.05) is 56.5 Å². The van der Waals surface area contributed by atoms with Crippen molar-refractivity contribution < 1.29 is 14.3 Å². The Morgan fingerprint density at radius 2 is 1.83 bits per heavy atom. The number of carbonyl (C=O) groups excluding carboxylic acids is 1. The van der Waals surface area contributed by atoms with Crippen molar-refractivity contribution in [3.63, 3.8) is 0 Å². The molecule has 128 valence electrons. The summed E-state index contributed by atoms with van der Waals surface area (Å²) in [6.45, 7) is 5.86. The van der Waals surface area contributed by atoms with Crippen LogP contribution in [-0.2, 0) is 20.7 Å². The van der Waals surface area contributed by atoms with Crippen molar-refractivity contribution >= 4 is 5.97 Å². The fourth-order valence-electron chi connectivity index (χ4n) is 2.76. The predicted molar refractivity (Wildman–Crippen MR) is 92.1 cm³/mol. The number of rotatable bonds is 7. The van der Waals surface area contributed by atoms with Gasteiger partial charge in [-0.2, -0.15) is 0 Å². The second-order valence-corrected chi connectivity index (χ2v) is 7.16. The molecule has 0 bridgehead atoms. The highest BCUT2D eigenvalue weighted by Crippen LogP contribution is 2.26. The molecular weight excluding hydrogens is 288 g/mol. The normalized spacial score (nSPS) is 17.7. The fourth-order valence-corrected chi connectivity index (χ4v) is 2.76. The van der Waals surface area contributed by atoms with E-state index in [0.29, 0.717) is 6.42 Å². The molecule has 0 aliphatic heterocycles. The van der Waals surface area contributed by atoms with Crippen LogP contribution in [-0.4, -0.2) is 18.4 Å². The summed E-state index contributed by atoms with van der Waals surface area (Å²) in [7, 11) is 0. The van der Waals surface area contributed by atoms with Gasteiger partial charge in [-0.05, 0) is 38.7 Å². The zero-order chi connectivity index (χ0) is 16.7. The Balaban J connectivity index is 2.02. The van der Waals surface area contributed by atoms with Gasteiger partial charge in [-0.3, -0.25) is 4.79 Å². The molecule has 1 unspecified atom stereocenters. The van der Waals surface area contributed by atoms with Crippen LogP contribution in [0.5, 0.6) is 0 Å². The van der Waals surface area contributed by atoms with Crippen molar-refractivity contribution in [3.05, 3.63) is 35.9 Å². The summed E-state index contributed by atoms with van der Waals surface area (Å²) in [5.74, 6) is -0.170. The molecule has 23 heavy (non-hydrogen) atoms. The molecule has 3 heteroatoms. The summed E-state index contributed by atoms with van der Waals surface area (Å²) in [6, 6.07) is 10.1. The third kappa shape index (κ3) is 5.65. The highest BCUT2D eigenvalue weighted by atomic mass is 16.7. The second kappa shape index (κ2) is 8.49. The van der Waals surface area contributed by atoms with Crippen LogP contribution in [0.4, 0.5) is 0 Å². The smallest absolute Gasteiger partial charge is 0.313 e. The third-order valence-corrected chi connectivity index (χ3v) is 4.82. The maximum atomic E-state index is 12.4. The molecule has 1 fully saturated rings. The van der Waals surface area contributed by atoms with Gasteiger partial charge in [0, 0.05) is 6.42 Å². The van der Waals surface area contributed by atoms with Gasteiger partial charge in [0.1, 0.15) is 0 Å². The average Bonchev–Trinajstić information content (AvgIpc) is 2.56. The van der Waals surface area contributed by atoms with Gasteiger partial charge in [-0.25, -0.2) is 0 Å². The van der Waals surface area contributed by atoms with E-state index in [4.69, 9.17) is 9.47 Å². The summed E-state index contributed by atoms with van der Waals surface area (Å²) in [4.78, 5) is 12.4. The Morgan fingerprint density at radius 1 is 1.17 bits per heavy atom. The van der Waals surface area contributed by atoms with Crippen molar-refractivity contribution in [1.29, 1.82) is 0 Å². The molecule has 0 heterocycles. The van der Waals surface area contributed by atoms with Gasteiger partial charge in [0.2, 0.25) is 6.29 Å². The van der Waals surface area contributed by atoms with E-state index < -0.39 is 11.7 Å². The van der Waals surface area contributed by atoms with E-state index in [9.17, 15) is 4.79 Å². The van der Waals surface area contributed by atoms with E-state index >= 15 is 0 Å². The SMILES string of the molecule is CCC(C)(C)C(=O)OC(Cc1ccccc1)OC1CCCCC1. The van der Waals surface area contributed by atoms with Crippen LogP contribution in [0.3, 0.4) is 0 Å². The largest absolute Gasteiger partial charge is 0.435 e. The van der Waals surface area contributed by atoms with Crippen LogP contribution in [0, 0.1) is 5.41 Å². The molecule has 2 rings (SSSR count). The highest BCUT2D eigenvalue weighted by Gasteiger charge is 2.31. The minimum Gasteiger partial charge on any atom is -0.435 e.